The summed E-state index contributed by atoms with van der Waals surface area (Å²) in [6.07, 6.45) is -3.00. The predicted molar refractivity (Wildman–Crippen MR) is 98.1 cm³/mol. The Labute approximate surface area is 163 Å². The molecule has 0 fully saturated rings. The highest BCUT2D eigenvalue weighted by atomic mass is 19.4. The maximum absolute atomic E-state index is 12.7. The fourth-order valence-electron chi connectivity index (χ4n) is 3.07. The number of esters is 1. The lowest BCUT2D eigenvalue weighted by atomic mass is 9.97. The highest BCUT2D eigenvalue weighted by molar-refractivity contribution is 6.08. The monoisotopic (exact) mass is 407 g/mol. The quantitative estimate of drug-likeness (QED) is 0.752. The number of rotatable bonds is 5. The van der Waals surface area contributed by atoms with Crippen LogP contribution in [-0.4, -0.2) is 32.0 Å². The summed E-state index contributed by atoms with van der Waals surface area (Å²) in [5.74, 6) is -1.82. The molecule has 1 N–H and O–H groups in total. The molecule has 1 aliphatic heterocycles. The number of nitrogens with one attached hydrogen (secondary N) is 1. The van der Waals surface area contributed by atoms with Gasteiger partial charge in [0.2, 0.25) is 0 Å². The number of alkyl halides is 3. The van der Waals surface area contributed by atoms with Crippen molar-refractivity contribution in [3.63, 3.8) is 0 Å². The largest absolute Gasteiger partial charge is 0.573 e. The molecule has 0 atom stereocenters. The number of fused-ring (bicyclic) bond motifs is 1. The molecule has 0 aromatic heterocycles. The van der Waals surface area contributed by atoms with Crippen LogP contribution in [-0.2, 0) is 11.2 Å². The topological polar surface area (TPSA) is 73.9 Å². The molecule has 3 rings (SSSR count). The molecule has 2 aromatic rings. The Balaban J connectivity index is 2.01. The van der Waals surface area contributed by atoms with Crippen LogP contribution in [0.2, 0.25) is 0 Å². The predicted octanol–water partition coefficient (Wildman–Crippen LogP) is 4.20. The van der Waals surface area contributed by atoms with Crippen LogP contribution in [0.3, 0.4) is 0 Å². The lowest BCUT2D eigenvalue weighted by Crippen LogP contribution is -2.21. The number of para-hydroxylation sites is 1. The molecule has 0 spiro atoms. The van der Waals surface area contributed by atoms with Crippen LogP contribution in [0.15, 0.2) is 36.9 Å². The molecule has 1 aliphatic rings. The minimum atomic E-state index is -4.95. The lowest BCUT2D eigenvalue weighted by molar-refractivity contribution is -0.274. The number of methoxy groups -OCH3 is 1. The second-order valence-corrected chi connectivity index (χ2v) is 5.99. The Bertz CT molecular complexity index is 985. The van der Waals surface area contributed by atoms with Gasteiger partial charge in [-0.1, -0.05) is 24.8 Å². The van der Waals surface area contributed by atoms with Crippen LogP contribution in [0.1, 0.15) is 31.8 Å². The van der Waals surface area contributed by atoms with Crippen molar-refractivity contribution < 1.29 is 37.0 Å². The van der Waals surface area contributed by atoms with Gasteiger partial charge in [0, 0.05) is 12.0 Å². The van der Waals surface area contributed by atoms with E-state index in [1.807, 2.05) is 0 Å². The molecular weight excluding hydrogens is 391 g/mol. The van der Waals surface area contributed by atoms with Gasteiger partial charge in [-0.3, -0.25) is 4.79 Å². The van der Waals surface area contributed by atoms with Crippen molar-refractivity contribution in [1.82, 2.24) is 0 Å². The van der Waals surface area contributed by atoms with E-state index in [0.29, 0.717) is 29.9 Å². The molecule has 0 unspecified atom stereocenters. The summed E-state index contributed by atoms with van der Waals surface area (Å²) in [7, 11) is 1.21. The van der Waals surface area contributed by atoms with Crippen molar-refractivity contribution in [2.24, 2.45) is 0 Å². The molecule has 9 heteroatoms. The van der Waals surface area contributed by atoms with Crippen molar-refractivity contribution >= 4 is 23.6 Å². The molecule has 1 amide bonds. The molecule has 0 bridgehead atoms. The number of ether oxygens (including phenoxy) is 3. The van der Waals surface area contributed by atoms with Crippen molar-refractivity contribution in [1.29, 1.82) is 0 Å². The Morgan fingerprint density at radius 2 is 1.97 bits per heavy atom. The van der Waals surface area contributed by atoms with E-state index >= 15 is 0 Å². The first-order valence-electron chi connectivity index (χ1n) is 8.44. The van der Waals surface area contributed by atoms with Crippen LogP contribution in [0.4, 0.5) is 18.9 Å². The minimum Gasteiger partial charge on any atom is -0.491 e. The van der Waals surface area contributed by atoms with Crippen molar-refractivity contribution in [3.8, 4) is 11.5 Å². The van der Waals surface area contributed by atoms with Gasteiger partial charge in [0.25, 0.3) is 5.91 Å². The number of anilines is 1. The number of benzene rings is 2. The van der Waals surface area contributed by atoms with Gasteiger partial charge >= 0.3 is 12.3 Å². The Morgan fingerprint density at radius 3 is 2.62 bits per heavy atom. The molecule has 0 aliphatic carbocycles. The molecule has 152 valence electrons. The third kappa shape index (κ3) is 4.18. The number of carbonyl (C=O) groups is 2. The first-order valence-corrected chi connectivity index (χ1v) is 8.44. The maximum Gasteiger partial charge on any atom is 0.573 e. The second kappa shape index (κ2) is 7.86. The summed E-state index contributed by atoms with van der Waals surface area (Å²) in [4.78, 5) is 24.8. The maximum atomic E-state index is 12.7. The summed E-state index contributed by atoms with van der Waals surface area (Å²) in [5, 5.41) is 2.50. The zero-order chi connectivity index (χ0) is 21.2. The molecule has 1 heterocycles. The van der Waals surface area contributed by atoms with Crippen molar-refractivity contribution in [2.45, 2.75) is 12.8 Å². The summed E-state index contributed by atoms with van der Waals surface area (Å²) in [6.45, 7) is 4.01. The highest BCUT2D eigenvalue weighted by Gasteiger charge is 2.33. The van der Waals surface area contributed by atoms with Crippen molar-refractivity contribution in [2.75, 3.05) is 19.0 Å². The fourth-order valence-corrected chi connectivity index (χ4v) is 3.07. The first-order chi connectivity index (χ1) is 13.7. The second-order valence-electron chi connectivity index (χ2n) is 5.99. The highest BCUT2D eigenvalue weighted by Crippen LogP contribution is 2.40. The zero-order valence-electron chi connectivity index (χ0n) is 15.3. The molecular formula is C20H16F3NO5. The number of halogens is 3. The molecule has 29 heavy (non-hydrogen) atoms. The van der Waals surface area contributed by atoms with Crippen LogP contribution in [0.5, 0.6) is 11.5 Å². The van der Waals surface area contributed by atoms with Gasteiger partial charge in [0.15, 0.2) is 0 Å². The number of amides is 1. The lowest BCUT2D eigenvalue weighted by Gasteiger charge is -2.16. The third-order valence-electron chi connectivity index (χ3n) is 4.24. The normalized spacial score (nSPS) is 12.6. The smallest absolute Gasteiger partial charge is 0.491 e. The van der Waals surface area contributed by atoms with E-state index in [2.05, 4.69) is 16.6 Å². The summed E-state index contributed by atoms with van der Waals surface area (Å²) >= 11 is 0. The summed E-state index contributed by atoms with van der Waals surface area (Å²) in [6, 6.07) is 6.28. The van der Waals surface area contributed by atoms with Gasteiger partial charge in [0.1, 0.15) is 11.5 Å². The van der Waals surface area contributed by atoms with Gasteiger partial charge < -0.3 is 19.5 Å². The summed E-state index contributed by atoms with van der Waals surface area (Å²) < 4.78 is 52.1. The van der Waals surface area contributed by atoms with Gasteiger partial charge in [-0.2, -0.15) is 0 Å². The van der Waals surface area contributed by atoms with Gasteiger partial charge in [-0.25, -0.2) is 4.79 Å². The van der Waals surface area contributed by atoms with E-state index in [9.17, 15) is 22.8 Å². The fraction of sp³-hybridized carbons (Fsp3) is 0.200. The van der Waals surface area contributed by atoms with Crippen LogP contribution in [0, 0.1) is 0 Å². The molecule has 0 radical (unpaired) electrons. The van der Waals surface area contributed by atoms with E-state index < -0.39 is 24.0 Å². The van der Waals surface area contributed by atoms with E-state index in [1.54, 1.807) is 0 Å². The van der Waals surface area contributed by atoms with Crippen LogP contribution in [0.25, 0.3) is 6.08 Å². The third-order valence-corrected chi connectivity index (χ3v) is 4.24. The Morgan fingerprint density at radius 1 is 1.24 bits per heavy atom. The summed E-state index contributed by atoms with van der Waals surface area (Å²) in [5.41, 5.74) is 1.13. The first kappa shape index (κ1) is 20.2. The van der Waals surface area contributed by atoms with Gasteiger partial charge in [-0.05, 0) is 23.8 Å². The van der Waals surface area contributed by atoms with Crippen molar-refractivity contribution in [3.05, 3.63) is 59.2 Å². The SMILES string of the molecule is C=Cc1c(C(=O)OC)cc(NC(=O)c2ccccc2OC(F)(F)F)c2c1CCO2. The average Bonchev–Trinajstić information content (AvgIpc) is 3.16. The van der Waals surface area contributed by atoms with Gasteiger partial charge in [-0.15, -0.1) is 13.2 Å². The molecule has 2 aromatic carbocycles. The van der Waals surface area contributed by atoms with Crippen LogP contribution < -0.4 is 14.8 Å². The van der Waals surface area contributed by atoms with Crippen LogP contribution >= 0.6 is 0 Å². The Hall–Kier alpha value is -3.49. The van der Waals surface area contributed by atoms with Gasteiger partial charge in [0.05, 0.1) is 30.5 Å². The average molecular weight is 407 g/mol. The standard InChI is InChI=1S/C20H16F3NO5/c1-3-11-12-8-9-28-17(12)15(10-14(11)19(26)27-2)24-18(25)13-6-4-5-7-16(13)29-20(21,22)23/h3-7,10H,1,8-9H2,2H3,(H,24,25). The Kier molecular flexibility index (Phi) is 5.49. The zero-order valence-corrected chi connectivity index (χ0v) is 15.3. The van der Waals surface area contributed by atoms with E-state index in [-0.39, 0.29) is 16.8 Å². The molecule has 0 saturated carbocycles. The molecule has 0 saturated heterocycles. The van der Waals surface area contributed by atoms with E-state index in [1.165, 1.54) is 37.5 Å². The number of hydrogen-bond acceptors (Lipinski definition) is 5. The minimum absolute atomic E-state index is 0.135. The number of carbonyl (C=O) groups excluding carboxylic acids is 2. The molecule has 6 nitrogen and oxygen atoms in total. The number of hydrogen-bond donors (Lipinski definition) is 1. The van der Waals surface area contributed by atoms with E-state index in [0.717, 1.165) is 6.07 Å². The van der Waals surface area contributed by atoms with E-state index in [4.69, 9.17) is 9.47 Å².